The second-order valence-electron chi connectivity index (χ2n) is 6.44. The van der Waals surface area contributed by atoms with Crippen LogP contribution in [0.5, 0.6) is 11.5 Å². The van der Waals surface area contributed by atoms with Crippen molar-refractivity contribution >= 4 is 17.5 Å². The smallest absolute Gasteiger partial charge is 0.272 e. The number of fused-ring (bicyclic) bond motifs is 1. The number of amides is 1. The molecular weight excluding hydrogens is 378 g/mol. The minimum atomic E-state index is -0.127. The summed E-state index contributed by atoms with van der Waals surface area (Å²) < 4.78 is 11.4. The van der Waals surface area contributed by atoms with Gasteiger partial charge < -0.3 is 14.4 Å². The van der Waals surface area contributed by atoms with Crippen LogP contribution in [0.1, 0.15) is 23.0 Å². The molecule has 3 aromatic rings. The molecule has 1 aromatic heterocycles. The number of carbonyl (C=O) groups is 1. The predicted octanol–water partition coefficient (Wildman–Crippen LogP) is 4.16. The molecule has 1 aliphatic rings. The molecule has 144 valence electrons. The Bertz CT molecular complexity index is 1000. The molecule has 7 heteroatoms. The summed E-state index contributed by atoms with van der Waals surface area (Å²) in [4.78, 5) is 14.8. The minimum absolute atomic E-state index is 0.127. The molecule has 6 nitrogen and oxygen atoms in total. The van der Waals surface area contributed by atoms with E-state index in [1.165, 1.54) is 0 Å². The lowest BCUT2D eigenvalue weighted by atomic mass is 10.1. The molecule has 0 unspecified atom stereocenters. The van der Waals surface area contributed by atoms with Crippen molar-refractivity contribution in [3.05, 3.63) is 64.8 Å². The third kappa shape index (κ3) is 3.68. The lowest BCUT2D eigenvalue weighted by Gasteiger charge is -2.25. The summed E-state index contributed by atoms with van der Waals surface area (Å²) in [6.45, 7) is 3.96. The van der Waals surface area contributed by atoms with Gasteiger partial charge in [-0.05, 0) is 31.2 Å². The van der Waals surface area contributed by atoms with Crippen molar-refractivity contribution in [3.63, 3.8) is 0 Å². The number of para-hydroxylation sites is 1. The molecular formula is C21H20ClN3O3. The van der Waals surface area contributed by atoms with Gasteiger partial charge in [0.1, 0.15) is 18.9 Å². The van der Waals surface area contributed by atoms with Crippen molar-refractivity contribution in [2.45, 2.75) is 13.5 Å². The Hall–Kier alpha value is -2.99. The molecule has 0 aliphatic carbocycles. The number of aromatic amines is 1. The van der Waals surface area contributed by atoms with E-state index in [2.05, 4.69) is 10.2 Å². The SMILES string of the molecule is CCN(Cc1cccc2c1OCCO2)C(=O)c1cc(-c2cccc(Cl)c2)n[nH]1. The Balaban J connectivity index is 1.55. The zero-order chi connectivity index (χ0) is 19.5. The van der Waals surface area contributed by atoms with Crippen LogP contribution in [-0.4, -0.2) is 40.8 Å². The number of ether oxygens (including phenoxy) is 2. The van der Waals surface area contributed by atoms with Crippen molar-refractivity contribution in [1.82, 2.24) is 15.1 Å². The summed E-state index contributed by atoms with van der Waals surface area (Å²) >= 11 is 6.05. The molecule has 28 heavy (non-hydrogen) atoms. The molecule has 4 rings (SSSR count). The zero-order valence-corrected chi connectivity index (χ0v) is 16.2. The van der Waals surface area contributed by atoms with E-state index < -0.39 is 0 Å². The molecule has 2 aromatic carbocycles. The van der Waals surface area contributed by atoms with Gasteiger partial charge in [0.05, 0.1) is 5.69 Å². The fourth-order valence-electron chi connectivity index (χ4n) is 3.19. The molecule has 1 amide bonds. The number of nitrogens with zero attached hydrogens (tertiary/aromatic N) is 2. The first-order valence-corrected chi connectivity index (χ1v) is 9.51. The van der Waals surface area contributed by atoms with E-state index in [1.54, 1.807) is 17.0 Å². The maximum absolute atomic E-state index is 13.0. The predicted molar refractivity (Wildman–Crippen MR) is 107 cm³/mol. The second-order valence-corrected chi connectivity index (χ2v) is 6.87. The number of nitrogens with one attached hydrogen (secondary N) is 1. The van der Waals surface area contributed by atoms with Gasteiger partial charge in [0.2, 0.25) is 0 Å². The summed E-state index contributed by atoms with van der Waals surface area (Å²) in [7, 11) is 0. The first kappa shape index (κ1) is 18.4. The molecule has 2 heterocycles. The van der Waals surface area contributed by atoms with E-state index >= 15 is 0 Å². The fourth-order valence-corrected chi connectivity index (χ4v) is 3.38. The minimum Gasteiger partial charge on any atom is -0.486 e. The number of hydrogen-bond donors (Lipinski definition) is 1. The maximum atomic E-state index is 13.0. The number of halogens is 1. The molecule has 1 N–H and O–H groups in total. The van der Waals surface area contributed by atoms with Crippen molar-refractivity contribution in [1.29, 1.82) is 0 Å². The molecule has 0 bridgehead atoms. The van der Waals surface area contributed by atoms with Gasteiger partial charge in [-0.3, -0.25) is 9.89 Å². The molecule has 1 aliphatic heterocycles. The van der Waals surface area contributed by atoms with Crippen LogP contribution in [-0.2, 0) is 6.54 Å². The van der Waals surface area contributed by atoms with Crippen LogP contribution in [0.4, 0.5) is 0 Å². The summed E-state index contributed by atoms with van der Waals surface area (Å²) in [6, 6.07) is 14.9. The molecule has 0 saturated heterocycles. The van der Waals surface area contributed by atoms with Crippen LogP contribution in [0.2, 0.25) is 5.02 Å². The van der Waals surface area contributed by atoms with Gasteiger partial charge in [-0.1, -0.05) is 35.9 Å². The Morgan fingerprint density at radius 2 is 2.00 bits per heavy atom. The van der Waals surface area contributed by atoms with Gasteiger partial charge in [0.25, 0.3) is 5.91 Å². The Morgan fingerprint density at radius 3 is 2.82 bits per heavy atom. The van der Waals surface area contributed by atoms with E-state index in [4.69, 9.17) is 21.1 Å². The highest BCUT2D eigenvalue weighted by Crippen LogP contribution is 2.34. The normalized spacial score (nSPS) is 12.6. The van der Waals surface area contributed by atoms with Crippen LogP contribution < -0.4 is 9.47 Å². The third-order valence-corrected chi connectivity index (χ3v) is 4.84. The van der Waals surface area contributed by atoms with E-state index in [1.807, 2.05) is 43.3 Å². The van der Waals surface area contributed by atoms with Crippen molar-refractivity contribution in [2.24, 2.45) is 0 Å². The first-order valence-electron chi connectivity index (χ1n) is 9.14. The number of rotatable bonds is 5. The quantitative estimate of drug-likeness (QED) is 0.701. The Morgan fingerprint density at radius 1 is 1.18 bits per heavy atom. The summed E-state index contributed by atoms with van der Waals surface area (Å²) in [5.74, 6) is 1.30. The van der Waals surface area contributed by atoms with Crippen LogP contribution in [0.3, 0.4) is 0 Å². The Kier molecular flexibility index (Phi) is 5.21. The summed E-state index contributed by atoms with van der Waals surface area (Å²) in [6.07, 6.45) is 0. The number of hydrogen-bond acceptors (Lipinski definition) is 4. The van der Waals surface area contributed by atoms with Gasteiger partial charge in [-0.2, -0.15) is 5.10 Å². The Labute approximate surface area is 168 Å². The summed E-state index contributed by atoms with van der Waals surface area (Å²) in [5, 5.41) is 7.74. The van der Waals surface area contributed by atoms with Gasteiger partial charge in [-0.25, -0.2) is 0 Å². The van der Waals surface area contributed by atoms with E-state index in [-0.39, 0.29) is 5.91 Å². The largest absolute Gasteiger partial charge is 0.486 e. The fraction of sp³-hybridized carbons (Fsp3) is 0.238. The van der Waals surface area contributed by atoms with Crippen LogP contribution in [0.25, 0.3) is 11.3 Å². The van der Waals surface area contributed by atoms with Gasteiger partial charge in [-0.15, -0.1) is 0 Å². The highest BCUT2D eigenvalue weighted by atomic mass is 35.5. The molecule has 0 atom stereocenters. The van der Waals surface area contributed by atoms with E-state index in [9.17, 15) is 4.79 Å². The zero-order valence-electron chi connectivity index (χ0n) is 15.4. The van der Waals surface area contributed by atoms with Crippen LogP contribution >= 0.6 is 11.6 Å². The lowest BCUT2D eigenvalue weighted by Crippen LogP contribution is -2.31. The average molecular weight is 398 g/mol. The maximum Gasteiger partial charge on any atom is 0.272 e. The van der Waals surface area contributed by atoms with E-state index in [0.717, 1.165) is 16.9 Å². The van der Waals surface area contributed by atoms with Crippen molar-refractivity contribution < 1.29 is 14.3 Å². The highest BCUT2D eigenvalue weighted by Gasteiger charge is 2.22. The molecule has 0 saturated carbocycles. The highest BCUT2D eigenvalue weighted by molar-refractivity contribution is 6.30. The van der Waals surface area contributed by atoms with Crippen molar-refractivity contribution in [2.75, 3.05) is 19.8 Å². The standard InChI is InChI=1S/C21H20ClN3O3/c1-2-25(13-15-6-4-8-19-20(15)28-10-9-27-19)21(26)18-12-17(23-24-18)14-5-3-7-16(22)11-14/h3-8,11-12H,2,9-10,13H2,1H3,(H,23,24). The van der Waals surface area contributed by atoms with Gasteiger partial charge in [0, 0.05) is 29.2 Å². The van der Waals surface area contributed by atoms with Crippen LogP contribution in [0.15, 0.2) is 48.5 Å². The topological polar surface area (TPSA) is 67.5 Å². The third-order valence-electron chi connectivity index (χ3n) is 4.61. The number of carbonyl (C=O) groups excluding carboxylic acids is 1. The molecule has 0 fully saturated rings. The lowest BCUT2D eigenvalue weighted by molar-refractivity contribution is 0.0743. The number of H-pyrrole nitrogens is 1. The summed E-state index contributed by atoms with van der Waals surface area (Å²) in [5.41, 5.74) is 2.88. The molecule has 0 radical (unpaired) electrons. The van der Waals surface area contributed by atoms with Crippen LogP contribution in [0, 0.1) is 0 Å². The van der Waals surface area contributed by atoms with E-state index in [0.29, 0.717) is 48.5 Å². The number of benzene rings is 2. The number of aromatic nitrogens is 2. The van der Waals surface area contributed by atoms with Gasteiger partial charge in [0.15, 0.2) is 11.5 Å². The average Bonchev–Trinajstić information content (AvgIpc) is 3.22. The van der Waals surface area contributed by atoms with Crippen molar-refractivity contribution in [3.8, 4) is 22.8 Å². The second kappa shape index (κ2) is 7.94. The van der Waals surface area contributed by atoms with Gasteiger partial charge >= 0.3 is 0 Å². The first-order chi connectivity index (χ1) is 13.7. The monoisotopic (exact) mass is 397 g/mol. The molecule has 0 spiro atoms.